The number of hydrogen-bond donors (Lipinski definition) is 0. The second-order valence-corrected chi connectivity index (χ2v) is 6.82. The minimum Gasteiger partial charge on any atom is -0.461 e. The van der Waals surface area contributed by atoms with E-state index in [0.29, 0.717) is 33.0 Å². The van der Waals surface area contributed by atoms with Crippen LogP contribution in [0, 0.1) is 0 Å². The van der Waals surface area contributed by atoms with Crippen LogP contribution in [-0.2, 0) is 11.3 Å². The number of carbonyl (C=O) groups is 1. The highest BCUT2D eigenvalue weighted by atomic mass is 35.5. The van der Waals surface area contributed by atoms with Crippen molar-refractivity contribution in [1.82, 2.24) is 9.78 Å². The summed E-state index contributed by atoms with van der Waals surface area (Å²) in [4.78, 5) is 12.3. The molecule has 0 aliphatic heterocycles. The Labute approximate surface area is 166 Å². The van der Waals surface area contributed by atoms with Crippen LogP contribution in [0.1, 0.15) is 23.0 Å². The number of rotatable bonds is 5. The zero-order valence-electron chi connectivity index (χ0n) is 13.9. The van der Waals surface area contributed by atoms with Crippen LogP contribution in [0.15, 0.2) is 48.5 Å². The predicted molar refractivity (Wildman–Crippen MR) is 104 cm³/mol. The second kappa shape index (κ2) is 8.12. The molecular formula is C19H15Cl3N2O2. The van der Waals surface area contributed by atoms with Crippen LogP contribution in [0.5, 0.6) is 0 Å². The molecule has 0 aliphatic carbocycles. The third kappa shape index (κ3) is 4.21. The topological polar surface area (TPSA) is 44.1 Å². The molecule has 4 nitrogen and oxygen atoms in total. The molecule has 0 atom stereocenters. The van der Waals surface area contributed by atoms with Gasteiger partial charge in [-0.25, -0.2) is 4.79 Å². The summed E-state index contributed by atoms with van der Waals surface area (Å²) in [5.74, 6) is -0.446. The molecule has 2 aromatic carbocycles. The Balaban J connectivity index is 2.02. The van der Waals surface area contributed by atoms with Gasteiger partial charge in [0.2, 0.25) is 0 Å². The molecular weight excluding hydrogens is 395 g/mol. The van der Waals surface area contributed by atoms with Gasteiger partial charge >= 0.3 is 5.97 Å². The molecule has 0 aliphatic rings. The van der Waals surface area contributed by atoms with Crippen molar-refractivity contribution in [2.75, 3.05) is 6.61 Å². The van der Waals surface area contributed by atoms with Crippen LogP contribution in [0.2, 0.25) is 15.1 Å². The number of ether oxygens (including phenoxy) is 1. The standard InChI is InChI=1S/C19H15Cl3N2O2/c1-2-26-19(25)18-10-17(12-3-5-14(20)6-4-12)23-24(18)11-13-9-15(21)7-8-16(13)22/h3-10H,2,11H2,1H3. The van der Waals surface area contributed by atoms with E-state index in [2.05, 4.69) is 5.10 Å². The van der Waals surface area contributed by atoms with E-state index in [1.54, 1.807) is 48.0 Å². The quantitative estimate of drug-likeness (QED) is 0.505. The highest BCUT2D eigenvalue weighted by Gasteiger charge is 2.18. The average Bonchev–Trinajstić information content (AvgIpc) is 3.03. The lowest BCUT2D eigenvalue weighted by molar-refractivity contribution is 0.0512. The maximum absolute atomic E-state index is 12.3. The van der Waals surface area contributed by atoms with E-state index in [4.69, 9.17) is 39.5 Å². The summed E-state index contributed by atoms with van der Waals surface area (Å²) in [5, 5.41) is 6.29. The van der Waals surface area contributed by atoms with Crippen molar-refractivity contribution in [2.45, 2.75) is 13.5 Å². The Morgan fingerprint density at radius 2 is 1.73 bits per heavy atom. The smallest absolute Gasteiger partial charge is 0.356 e. The Morgan fingerprint density at radius 1 is 1.04 bits per heavy atom. The predicted octanol–water partition coefficient (Wildman–Crippen LogP) is 5.74. The maximum Gasteiger partial charge on any atom is 0.356 e. The fraction of sp³-hybridized carbons (Fsp3) is 0.158. The van der Waals surface area contributed by atoms with Crippen LogP contribution >= 0.6 is 34.8 Å². The lowest BCUT2D eigenvalue weighted by Crippen LogP contribution is -2.14. The lowest BCUT2D eigenvalue weighted by Gasteiger charge is -2.09. The van der Waals surface area contributed by atoms with E-state index in [-0.39, 0.29) is 6.61 Å². The Hall–Kier alpha value is -2.01. The van der Waals surface area contributed by atoms with E-state index in [9.17, 15) is 4.79 Å². The third-order valence-electron chi connectivity index (χ3n) is 3.73. The first-order valence-corrected chi connectivity index (χ1v) is 9.06. The molecule has 0 unspecified atom stereocenters. The average molecular weight is 410 g/mol. The molecule has 0 bridgehead atoms. The fourth-order valence-corrected chi connectivity index (χ4v) is 2.99. The van der Waals surface area contributed by atoms with Gasteiger partial charge in [0, 0.05) is 20.6 Å². The third-order valence-corrected chi connectivity index (χ3v) is 4.59. The second-order valence-electron chi connectivity index (χ2n) is 5.54. The van der Waals surface area contributed by atoms with Gasteiger partial charge < -0.3 is 4.74 Å². The van der Waals surface area contributed by atoms with Crippen molar-refractivity contribution in [1.29, 1.82) is 0 Å². The van der Waals surface area contributed by atoms with Crippen molar-refractivity contribution in [3.63, 3.8) is 0 Å². The summed E-state index contributed by atoms with van der Waals surface area (Å²) in [6, 6.07) is 14.1. The Kier molecular flexibility index (Phi) is 5.87. The summed E-state index contributed by atoms with van der Waals surface area (Å²) < 4.78 is 6.72. The number of aromatic nitrogens is 2. The number of benzene rings is 2. The summed E-state index contributed by atoms with van der Waals surface area (Å²) in [6.07, 6.45) is 0. The van der Waals surface area contributed by atoms with Crippen molar-refractivity contribution >= 4 is 40.8 Å². The zero-order valence-corrected chi connectivity index (χ0v) is 16.1. The molecule has 0 spiro atoms. The van der Waals surface area contributed by atoms with Gasteiger partial charge in [0.05, 0.1) is 18.8 Å². The Morgan fingerprint density at radius 3 is 2.42 bits per heavy atom. The van der Waals surface area contributed by atoms with Crippen molar-refractivity contribution in [3.8, 4) is 11.3 Å². The molecule has 1 aromatic heterocycles. The van der Waals surface area contributed by atoms with Crippen molar-refractivity contribution in [3.05, 3.63) is 74.9 Å². The molecule has 1 heterocycles. The van der Waals surface area contributed by atoms with Gasteiger partial charge in [0.25, 0.3) is 0 Å². The normalized spacial score (nSPS) is 10.8. The van der Waals surface area contributed by atoms with Gasteiger partial charge in [-0.2, -0.15) is 5.10 Å². The van der Waals surface area contributed by atoms with Gasteiger partial charge in [-0.1, -0.05) is 46.9 Å². The maximum atomic E-state index is 12.3. The molecule has 0 N–H and O–H groups in total. The molecule has 0 amide bonds. The van der Waals surface area contributed by atoms with Crippen LogP contribution in [0.25, 0.3) is 11.3 Å². The summed E-state index contributed by atoms with van der Waals surface area (Å²) >= 11 is 18.2. The monoisotopic (exact) mass is 408 g/mol. The minimum atomic E-state index is -0.446. The van der Waals surface area contributed by atoms with Gasteiger partial charge in [0.1, 0.15) is 5.69 Å². The van der Waals surface area contributed by atoms with Gasteiger partial charge in [0.15, 0.2) is 0 Å². The van der Waals surface area contributed by atoms with Gasteiger partial charge in [-0.3, -0.25) is 4.68 Å². The molecule has 0 saturated heterocycles. The molecule has 0 radical (unpaired) electrons. The Bertz CT molecular complexity index is 936. The van der Waals surface area contributed by atoms with Gasteiger partial charge in [-0.05, 0) is 48.9 Å². The van der Waals surface area contributed by atoms with E-state index < -0.39 is 5.97 Å². The van der Waals surface area contributed by atoms with Crippen LogP contribution < -0.4 is 0 Å². The van der Waals surface area contributed by atoms with Gasteiger partial charge in [-0.15, -0.1) is 0 Å². The largest absolute Gasteiger partial charge is 0.461 e. The van der Waals surface area contributed by atoms with Crippen LogP contribution in [0.4, 0.5) is 0 Å². The molecule has 3 rings (SSSR count). The molecule has 26 heavy (non-hydrogen) atoms. The highest BCUT2D eigenvalue weighted by Crippen LogP contribution is 2.25. The fourth-order valence-electron chi connectivity index (χ4n) is 2.49. The first-order valence-electron chi connectivity index (χ1n) is 7.92. The van der Waals surface area contributed by atoms with Crippen LogP contribution in [-0.4, -0.2) is 22.4 Å². The van der Waals surface area contributed by atoms with Crippen molar-refractivity contribution < 1.29 is 9.53 Å². The first-order chi connectivity index (χ1) is 12.5. The number of carbonyl (C=O) groups excluding carboxylic acids is 1. The molecule has 3 aromatic rings. The van der Waals surface area contributed by atoms with E-state index in [1.807, 2.05) is 12.1 Å². The summed E-state index contributed by atoms with van der Waals surface area (Å²) in [5.41, 5.74) is 2.59. The molecule has 0 fully saturated rings. The summed E-state index contributed by atoms with van der Waals surface area (Å²) in [7, 11) is 0. The molecule has 0 saturated carbocycles. The molecule has 134 valence electrons. The number of halogens is 3. The van der Waals surface area contributed by atoms with Crippen molar-refractivity contribution in [2.24, 2.45) is 0 Å². The minimum absolute atomic E-state index is 0.276. The molecule has 7 heteroatoms. The summed E-state index contributed by atoms with van der Waals surface area (Å²) in [6.45, 7) is 2.33. The number of nitrogens with zero attached hydrogens (tertiary/aromatic N) is 2. The first kappa shape index (κ1) is 18.8. The van der Waals surface area contributed by atoms with E-state index in [0.717, 1.165) is 11.1 Å². The zero-order chi connectivity index (χ0) is 18.7. The number of hydrogen-bond acceptors (Lipinski definition) is 3. The highest BCUT2D eigenvalue weighted by molar-refractivity contribution is 6.33. The van der Waals surface area contributed by atoms with E-state index in [1.165, 1.54) is 0 Å². The number of esters is 1. The lowest BCUT2D eigenvalue weighted by atomic mass is 10.1. The van der Waals surface area contributed by atoms with E-state index >= 15 is 0 Å². The van der Waals surface area contributed by atoms with Crippen LogP contribution in [0.3, 0.4) is 0 Å². The SMILES string of the molecule is CCOC(=O)c1cc(-c2ccc(Cl)cc2)nn1Cc1cc(Cl)ccc1Cl.